The summed E-state index contributed by atoms with van der Waals surface area (Å²) in [4.78, 5) is 23.5. The maximum absolute atomic E-state index is 12.4. The highest BCUT2D eigenvalue weighted by molar-refractivity contribution is 14.1. The lowest BCUT2D eigenvalue weighted by Gasteiger charge is -2.13. The number of rotatable bonds is 4. The fourth-order valence-electron chi connectivity index (χ4n) is 1.92. The highest BCUT2D eigenvalue weighted by atomic mass is 127. The van der Waals surface area contributed by atoms with Gasteiger partial charge in [0.1, 0.15) is 5.75 Å². The van der Waals surface area contributed by atoms with Crippen molar-refractivity contribution in [2.45, 2.75) is 6.92 Å². The molecule has 2 amide bonds. The molecule has 0 spiro atoms. The summed E-state index contributed by atoms with van der Waals surface area (Å²) in [5.74, 6) is 0.108. The van der Waals surface area contributed by atoms with Gasteiger partial charge >= 0.3 is 0 Å². The van der Waals surface area contributed by atoms with Crippen molar-refractivity contribution < 1.29 is 14.3 Å². The van der Waals surface area contributed by atoms with E-state index >= 15 is 0 Å². The Labute approximate surface area is 142 Å². The van der Waals surface area contributed by atoms with E-state index in [1.807, 2.05) is 18.2 Å². The summed E-state index contributed by atoms with van der Waals surface area (Å²) in [5, 5.41) is 5.49. The summed E-state index contributed by atoms with van der Waals surface area (Å²) in [7, 11) is 1.52. The van der Waals surface area contributed by atoms with Crippen LogP contribution in [0.2, 0.25) is 0 Å². The quantitative estimate of drug-likeness (QED) is 0.759. The molecule has 0 radical (unpaired) electrons. The molecule has 0 aromatic heterocycles. The van der Waals surface area contributed by atoms with E-state index in [4.69, 9.17) is 4.74 Å². The van der Waals surface area contributed by atoms with Gasteiger partial charge in [0, 0.05) is 16.2 Å². The molecule has 6 heteroatoms. The molecule has 0 aliphatic carbocycles. The summed E-state index contributed by atoms with van der Waals surface area (Å²) in [6, 6.07) is 12.4. The predicted molar refractivity (Wildman–Crippen MR) is 94.4 cm³/mol. The number of carbonyl (C=O) groups is 2. The van der Waals surface area contributed by atoms with Gasteiger partial charge < -0.3 is 15.4 Å². The van der Waals surface area contributed by atoms with Gasteiger partial charge in [0.05, 0.1) is 18.4 Å². The first-order chi connectivity index (χ1) is 10.5. The fourth-order valence-corrected chi connectivity index (χ4v) is 2.55. The van der Waals surface area contributed by atoms with Crippen LogP contribution in [0.4, 0.5) is 11.4 Å². The van der Waals surface area contributed by atoms with E-state index in [9.17, 15) is 9.59 Å². The molecule has 0 fully saturated rings. The topological polar surface area (TPSA) is 67.4 Å². The van der Waals surface area contributed by atoms with E-state index in [0.717, 1.165) is 3.57 Å². The minimum absolute atomic E-state index is 0.181. The van der Waals surface area contributed by atoms with Gasteiger partial charge in [-0.25, -0.2) is 0 Å². The molecule has 0 aliphatic rings. The van der Waals surface area contributed by atoms with Crippen molar-refractivity contribution in [2.75, 3.05) is 17.7 Å². The van der Waals surface area contributed by atoms with Gasteiger partial charge in [-0.15, -0.1) is 0 Å². The third-order valence-electron chi connectivity index (χ3n) is 2.89. The SMILES string of the molecule is COc1ccc(NC(C)=O)cc1NC(=O)c1ccccc1I. The Morgan fingerprint density at radius 1 is 1.09 bits per heavy atom. The molecule has 0 saturated heterocycles. The van der Waals surface area contributed by atoms with E-state index in [2.05, 4.69) is 33.2 Å². The molecular formula is C16H15IN2O3. The summed E-state index contributed by atoms with van der Waals surface area (Å²) in [6.07, 6.45) is 0. The molecule has 0 heterocycles. The third-order valence-corrected chi connectivity index (χ3v) is 3.83. The van der Waals surface area contributed by atoms with E-state index in [-0.39, 0.29) is 11.8 Å². The van der Waals surface area contributed by atoms with Gasteiger partial charge in [-0.1, -0.05) is 12.1 Å². The minimum atomic E-state index is -0.233. The molecule has 2 N–H and O–H groups in total. The smallest absolute Gasteiger partial charge is 0.256 e. The number of nitrogens with one attached hydrogen (secondary N) is 2. The van der Waals surface area contributed by atoms with Crippen LogP contribution in [0.15, 0.2) is 42.5 Å². The highest BCUT2D eigenvalue weighted by Crippen LogP contribution is 2.28. The first kappa shape index (κ1) is 16.3. The lowest BCUT2D eigenvalue weighted by atomic mass is 10.2. The van der Waals surface area contributed by atoms with E-state index in [0.29, 0.717) is 22.7 Å². The van der Waals surface area contributed by atoms with Crippen LogP contribution in [0.25, 0.3) is 0 Å². The van der Waals surface area contributed by atoms with Gasteiger partial charge in [0.15, 0.2) is 0 Å². The second-order valence-electron chi connectivity index (χ2n) is 4.53. The van der Waals surface area contributed by atoms with Crippen LogP contribution in [0.5, 0.6) is 5.75 Å². The Kier molecular flexibility index (Phi) is 5.37. The fraction of sp³-hybridized carbons (Fsp3) is 0.125. The Morgan fingerprint density at radius 2 is 1.82 bits per heavy atom. The van der Waals surface area contributed by atoms with Gasteiger partial charge in [-0.3, -0.25) is 9.59 Å². The maximum Gasteiger partial charge on any atom is 0.256 e. The number of halogens is 1. The molecule has 22 heavy (non-hydrogen) atoms. The first-order valence-electron chi connectivity index (χ1n) is 6.52. The lowest BCUT2D eigenvalue weighted by molar-refractivity contribution is -0.114. The third kappa shape index (κ3) is 3.97. The Bertz CT molecular complexity index is 716. The van der Waals surface area contributed by atoms with Crippen LogP contribution in [0, 0.1) is 3.57 Å². The number of hydrogen-bond donors (Lipinski definition) is 2. The van der Waals surface area contributed by atoms with Crippen molar-refractivity contribution in [3.63, 3.8) is 0 Å². The van der Waals surface area contributed by atoms with Crippen LogP contribution in [-0.4, -0.2) is 18.9 Å². The number of benzene rings is 2. The maximum atomic E-state index is 12.4. The van der Waals surface area contributed by atoms with Crippen LogP contribution in [0.3, 0.4) is 0 Å². The molecule has 2 rings (SSSR count). The normalized spacial score (nSPS) is 9.95. The highest BCUT2D eigenvalue weighted by Gasteiger charge is 2.13. The molecule has 114 valence electrons. The number of anilines is 2. The molecule has 0 aliphatic heterocycles. The summed E-state index contributed by atoms with van der Waals surface area (Å²) in [6.45, 7) is 1.43. The molecular weight excluding hydrogens is 395 g/mol. The molecule has 0 bridgehead atoms. The number of amides is 2. The number of hydrogen-bond acceptors (Lipinski definition) is 3. The Hall–Kier alpha value is -2.09. The second kappa shape index (κ2) is 7.26. The molecule has 2 aromatic carbocycles. The van der Waals surface area contributed by atoms with Crippen LogP contribution in [-0.2, 0) is 4.79 Å². The molecule has 0 atom stereocenters. The molecule has 0 saturated carbocycles. The first-order valence-corrected chi connectivity index (χ1v) is 7.60. The van der Waals surface area contributed by atoms with Crippen LogP contribution in [0.1, 0.15) is 17.3 Å². The van der Waals surface area contributed by atoms with Crippen LogP contribution < -0.4 is 15.4 Å². The van der Waals surface area contributed by atoms with Crippen molar-refractivity contribution >= 4 is 45.8 Å². The summed E-state index contributed by atoms with van der Waals surface area (Å²) >= 11 is 2.11. The van der Waals surface area contributed by atoms with E-state index < -0.39 is 0 Å². The average Bonchev–Trinajstić information content (AvgIpc) is 2.47. The zero-order valence-electron chi connectivity index (χ0n) is 12.1. The van der Waals surface area contributed by atoms with Crippen molar-refractivity contribution in [1.82, 2.24) is 0 Å². The van der Waals surface area contributed by atoms with Gasteiger partial charge in [-0.2, -0.15) is 0 Å². The standard InChI is InChI=1S/C16H15IN2O3/c1-10(20)18-11-7-8-15(22-2)14(9-11)19-16(21)12-5-3-4-6-13(12)17/h3-9H,1-2H3,(H,18,20)(H,19,21). The number of ether oxygens (including phenoxy) is 1. The van der Waals surface area contributed by atoms with Gasteiger partial charge in [0.25, 0.3) is 5.91 Å². The van der Waals surface area contributed by atoms with Crippen molar-refractivity contribution in [3.8, 4) is 5.75 Å². The minimum Gasteiger partial charge on any atom is -0.495 e. The van der Waals surface area contributed by atoms with Crippen molar-refractivity contribution in [1.29, 1.82) is 0 Å². The monoisotopic (exact) mass is 410 g/mol. The zero-order chi connectivity index (χ0) is 16.1. The summed E-state index contributed by atoms with van der Waals surface area (Å²) in [5.41, 5.74) is 1.67. The van der Waals surface area contributed by atoms with E-state index in [1.165, 1.54) is 14.0 Å². The Balaban J connectivity index is 2.29. The average molecular weight is 410 g/mol. The largest absolute Gasteiger partial charge is 0.495 e. The van der Waals surface area contributed by atoms with E-state index in [1.54, 1.807) is 24.3 Å². The number of methoxy groups -OCH3 is 1. The number of carbonyl (C=O) groups excluding carboxylic acids is 2. The molecule has 5 nitrogen and oxygen atoms in total. The van der Waals surface area contributed by atoms with Crippen molar-refractivity contribution in [2.24, 2.45) is 0 Å². The zero-order valence-corrected chi connectivity index (χ0v) is 14.3. The second-order valence-corrected chi connectivity index (χ2v) is 5.69. The summed E-state index contributed by atoms with van der Waals surface area (Å²) < 4.78 is 6.10. The molecule has 2 aromatic rings. The Morgan fingerprint density at radius 3 is 2.45 bits per heavy atom. The van der Waals surface area contributed by atoms with Gasteiger partial charge in [0.2, 0.25) is 5.91 Å². The van der Waals surface area contributed by atoms with Crippen LogP contribution >= 0.6 is 22.6 Å². The molecule has 0 unspecified atom stereocenters. The predicted octanol–water partition coefficient (Wildman–Crippen LogP) is 3.51. The lowest BCUT2D eigenvalue weighted by Crippen LogP contribution is -2.14. The van der Waals surface area contributed by atoms with Gasteiger partial charge in [-0.05, 0) is 52.9 Å². The van der Waals surface area contributed by atoms with Crippen molar-refractivity contribution in [3.05, 3.63) is 51.6 Å².